The molecule has 0 radical (unpaired) electrons. The number of carbonyl (C=O) groups is 1. The molecule has 1 unspecified atom stereocenters. The zero-order valence-corrected chi connectivity index (χ0v) is 14.7. The van der Waals surface area contributed by atoms with Crippen molar-refractivity contribution in [3.63, 3.8) is 0 Å². The van der Waals surface area contributed by atoms with Crippen molar-refractivity contribution < 1.29 is 17.6 Å². The number of nitrogens with zero attached hydrogens (tertiary/aromatic N) is 1. The Morgan fingerprint density at radius 2 is 2.04 bits per heavy atom. The van der Waals surface area contributed by atoms with Crippen LogP contribution in [0.2, 0.25) is 0 Å². The van der Waals surface area contributed by atoms with E-state index in [0.717, 1.165) is 6.07 Å². The van der Waals surface area contributed by atoms with Gasteiger partial charge in [-0.05, 0) is 24.1 Å². The lowest BCUT2D eigenvalue weighted by atomic mass is 9.95. The standard InChI is InChI=1S/C18H14FN3O4S/c19-13-8-14-12(17(23)21-9-20-14)7-15(13)22-18(24)11-5-6-27(25,26)16-4-2-1-3-10(11)16/h1-4,7-9,11H,5-6H2,(H,22,24)(H,20,21,23). The minimum atomic E-state index is -3.43. The quantitative estimate of drug-likeness (QED) is 0.699. The maximum Gasteiger partial charge on any atom is 0.258 e. The SMILES string of the molecule is O=C(Nc1cc2c(=O)[nH]cnc2cc1F)C1CCS(=O)(=O)c2ccccc21. The topological polar surface area (TPSA) is 109 Å². The Kier molecular flexibility index (Phi) is 4.03. The first-order chi connectivity index (χ1) is 12.9. The van der Waals surface area contributed by atoms with Gasteiger partial charge in [0.25, 0.3) is 5.56 Å². The van der Waals surface area contributed by atoms with Crippen LogP contribution in [0.3, 0.4) is 0 Å². The Morgan fingerprint density at radius 3 is 2.85 bits per heavy atom. The highest BCUT2D eigenvalue weighted by atomic mass is 32.2. The summed E-state index contributed by atoms with van der Waals surface area (Å²) < 4.78 is 38.7. The van der Waals surface area contributed by atoms with E-state index < -0.39 is 33.0 Å². The maximum atomic E-state index is 14.3. The number of nitrogens with one attached hydrogen (secondary N) is 2. The second kappa shape index (κ2) is 6.27. The Hall–Kier alpha value is -3.07. The highest BCUT2D eigenvalue weighted by Gasteiger charge is 2.34. The van der Waals surface area contributed by atoms with Crippen molar-refractivity contribution in [3.05, 3.63) is 64.5 Å². The smallest absolute Gasteiger partial charge is 0.258 e. The number of hydrogen-bond acceptors (Lipinski definition) is 5. The highest BCUT2D eigenvalue weighted by Crippen LogP contribution is 2.34. The second-order valence-corrected chi connectivity index (χ2v) is 8.35. The zero-order chi connectivity index (χ0) is 19.2. The van der Waals surface area contributed by atoms with Gasteiger partial charge in [-0.25, -0.2) is 17.8 Å². The molecule has 0 saturated heterocycles. The molecule has 1 atom stereocenters. The lowest BCUT2D eigenvalue weighted by Crippen LogP contribution is -2.29. The third-order valence-electron chi connectivity index (χ3n) is 4.61. The summed E-state index contributed by atoms with van der Waals surface area (Å²) in [5, 5.41) is 2.62. The van der Waals surface area contributed by atoms with Crippen molar-refractivity contribution >= 4 is 32.3 Å². The van der Waals surface area contributed by atoms with Crippen LogP contribution in [0.25, 0.3) is 10.9 Å². The molecular formula is C18H14FN3O4S. The van der Waals surface area contributed by atoms with Crippen LogP contribution in [0, 0.1) is 5.82 Å². The van der Waals surface area contributed by atoms with E-state index in [9.17, 15) is 22.4 Å². The summed E-state index contributed by atoms with van der Waals surface area (Å²) in [7, 11) is -3.43. The summed E-state index contributed by atoms with van der Waals surface area (Å²) in [4.78, 5) is 31.0. The van der Waals surface area contributed by atoms with Gasteiger partial charge < -0.3 is 10.3 Å². The van der Waals surface area contributed by atoms with Gasteiger partial charge in [0.05, 0.1) is 39.5 Å². The molecule has 0 fully saturated rings. The first kappa shape index (κ1) is 17.3. The monoisotopic (exact) mass is 387 g/mol. The molecule has 2 N–H and O–H groups in total. The van der Waals surface area contributed by atoms with E-state index in [1.807, 2.05) is 0 Å². The van der Waals surface area contributed by atoms with Crippen molar-refractivity contribution in [1.29, 1.82) is 0 Å². The molecule has 2 heterocycles. The number of amides is 1. The van der Waals surface area contributed by atoms with Gasteiger partial charge >= 0.3 is 0 Å². The molecule has 1 amide bonds. The van der Waals surface area contributed by atoms with Crippen LogP contribution in [0.15, 0.2) is 52.4 Å². The Morgan fingerprint density at radius 1 is 1.26 bits per heavy atom. The molecule has 9 heteroatoms. The van der Waals surface area contributed by atoms with Gasteiger partial charge in [0, 0.05) is 6.07 Å². The van der Waals surface area contributed by atoms with Gasteiger partial charge in [-0.3, -0.25) is 9.59 Å². The first-order valence-electron chi connectivity index (χ1n) is 8.16. The fourth-order valence-electron chi connectivity index (χ4n) is 3.27. The van der Waals surface area contributed by atoms with E-state index in [4.69, 9.17) is 0 Å². The summed E-state index contributed by atoms with van der Waals surface area (Å²) >= 11 is 0. The van der Waals surface area contributed by atoms with Gasteiger partial charge in [0.2, 0.25) is 5.91 Å². The number of halogens is 1. The average Bonchev–Trinajstić information content (AvgIpc) is 2.63. The Balaban J connectivity index is 1.71. The van der Waals surface area contributed by atoms with E-state index in [2.05, 4.69) is 15.3 Å². The normalized spacial score (nSPS) is 18.0. The van der Waals surface area contributed by atoms with Crippen molar-refractivity contribution in [3.8, 4) is 0 Å². The Labute approximate surface area is 153 Å². The number of anilines is 1. The van der Waals surface area contributed by atoms with Crippen molar-refractivity contribution in [2.75, 3.05) is 11.1 Å². The van der Waals surface area contributed by atoms with Crippen molar-refractivity contribution in [2.24, 2.45) is 0 Å². The van der Waals surface area contributed by atoms with Crippen LogP contribution in [0.1, 0.15) is 17.9 Å². The lowest BCUT2D eigenvalue weighted by Gasteiger charge is -2.24. The number of fused-ring (bicyclic) bond motifs is 2. The molecule has 1 aliphatic heterocycles. The molecule has 0 bridgehead atoms. The molecular weight excluding hydrogens is 373 g/mol. The molecule has 27 heavy (non-hydrogen) atoms. The minimum Gasteiger partial charge on any atom is -0.323 e. The van der Waals surface area contributed by atoms with Crippen molar-refractivity contribution in [2.45, 2.75) is 17.2 Å². The van der Waals surface area contributed by atoms with E-state index in [-0.39, 0.29) is 33.7 Å². The summed E-state index contributed by atoms with van der Waals surface area (Å²) in [5.41, 5.74) is -0.0492. The molecule has 3 aromatic rings. The maximum absolute atomic E-state index is 14.3. The van der Waals surface area contributed by atoms with Crippen LogP contribution < -0.4 is 10.9 Å². The molecule has 0 saturated carbocycles. The largest absolute Gasteiger partial charge is 0.323 e. The minimum absolute atomic E-state index is 0.0997. The van der Waals surface area contributed by atoms with Gasteiger partial charge in [-0.2, -0.15) is 0 Å². The number of rotatable bonds is 2. The fourth-order valence-corrected chi connectivity index (χ4v) is 4.89. The number of benzene rings is 2. The molecule has 1 aromatic heterocycles. The number of hydrogen-bond donors (Lipinski definition) is 2. The summed E-state index contributed by atoms with van der Waals surface area (Å²) in [5.74, 6) is -2.15. The van der Waals surface area contributed by atoms with E-state index >= 15 is 0 Å². The number of sulfone groups is 1. The first-order valence-corrected chi connectivity index (χ1v) is 9.81. The van der Waals surface area contributed by atoms with Gasteiger partial charge in [0.1, 0.15) is 5.82 Å². The lowest BCUT2D eigenvalue weighted by molar-refractivity contribution is -0.117. The molecule has 1 aliphatic rings. The predicted molar refractivity (Wildman–Crippen MR) is 96.8 cm³/mol. The second-order valence-electron chi connectivity index (χ2n) is 6.27. The summed E-state index contributed by atoms with van der Waals surface area (Å²) in [6.07, 6.45) is 1.27. The van der Waals surface area contributed by atoms with Gasteiger partial charge in [-0.15, -0.1) is 0 Å². The van der Waals surface area contributed by atoms with Gasteiger partial charge in [0.15, 0.2) is 9.84 Å². The number of carbonyl (C=O) groups excluding carboxylic acids is 1. The summed E-state index contributed by atoms with van der Waals surface area (Å²) in [6.45, 7) is 0. The molecule has 0 aliphatic carbocycles. The van der Waals surface area contributed by atoms with Crippen LogP contribution in [0.4, 0.5) is 10.1 Å². The summed E-state index contributed by atoms with van der Waals surface area (Å²) in [6, 6.07) is 8.59. The zero-order valence-electron chi connectivity index (χ0n) is 13.9. The van der Waals surface area contributed by atoms with E-state index in [1.54, 1.807) is 18.2 Å². The number of H-pyrrole nitrogens is 1. The van der Waals surface area contributed by atoms with E-state index in [1.165, 1.54) is 18.5 Å². The predicted octanol–water partition coefficient (Wildman–Crippen LogP) is 1.96. The van der Waals surface area contributed by atoms with Crippen LogP contribution in [-0.4, -0.2) is 30.0 Å². The molecule has 4 rings (SSSR count). The van der Waals surface area contributed by atoms with Crippen LogP contribution >= 0.6 is 0 Å². The number of aromatic nitrogens is 2. The third-order valence-corrected chi connectivity index (χ3v) is 6.42. The molecule has 2 aromatic carbocycles. The highest BCUT2D eigenvalue weighted by molar-refractivity contribution is 7.91. The molecule has 7 nitrogen and oxygen atoms in total. The van der Waals surface area contributed by atoms with Gasteiger partial charge in [-0.1, -0.05) is 18.2 Å². The molecule has 138 valence electrons. The van der Waals surface area contributed by atoms with Crippen molar-refractivity contribution in [1.82, 2.24) is 9.97 Å². The number of aromatic amines is 1. The van der Waals surface area contributed by atoms with Crippen LogP contribution in [0.5, 0.6) is 0 Å². The third kappa shape index (κ3) is 2.99. The average molecular weight is 387 g/mol. The van der Waals surface area contributed by atoms with Crippen LogP contribution in [-0.2, 0) is 14.6 Å². The molecule has 0 spiro atoms. The fraction of sp³-hybridized carbons (Fsp3) is 0.167. The van der Waals surface area contributed by atoms with E-state index in [0.29, 0.717) is 5.56 Å². The Bertz CT molecular complexity index is 1240.